The molecule has 0 saturated carbocycles. The SMILES string of the molecule is CN=C(NCCc1ccccn1)NCc1ccccc1-c1ccc(Cl)cc1. The second-order valence-corrected chi connectivity index (χ2v) is 6.52. The van der Waals surface area contributed by atoms with E-state index in [-0.39, 0.29) is 0 Å². The lowest BCUT2D eigenvalue weighted by Crippen LogP contribution is -2.38. The van der Waals surface area contributed by atoms with E-state index in [0.717, 1.165) is 35.2 Å². The zero-order valence-electron chi connectivity index (χ0n) is 15.3. The van der Waals surface area contributed by atoms with Crippen LogP contribution in [0.1, 0.15) is 11.3 Å². The molecule has 2 aromatic carbocycles. The molecule has 4 nitrogen and oxygen atoms in total. The highest BCUT2D eigenvalue weighted by atomic mass is 35.5. The number of nitrogens with zero attached hydrogens (tertiary/aromatic N) is 2. The molecular formula is C22H23ClN4. The Balaban J connectivity index is 1.59. The Morgan fingerprint density at radius 3 is 2.48 bits per heavy atom. The number of hydrogen-bond acceptors (Lipinski definition) is 2. The maximum Gasteiger partial charge on any atom is 0.191 e. The van der Waals surface area contributed by atoms with Gasteiger partial charge in [-0.1, -0.05) is 54.1 Å². The number of hydrogen-bond donors (Lipinski definition) is 2. The summed E-state index contributed by atoms with van der Waals surface area (Å²) in [4.78, 5) is 8.64. The largest absolute Gasteiger partial charge is 0.356 e. The number of aliphatic imine (C=N–C) groups is 1. The molecule has 3 aromatic rings. The van der Waals surface area contributed by atoms with Gasteiger partial charge in [-0.15, -0.1) is 0 Å². The first-order chi connectivity index (χ1) is 13.3. The van der Waals surface area contributed by atoms with E-state index in [2.05, 4.69) is 32.7 Å². The molecule has 0 radical (unpaired) electrons. The summed E-state index contributed by atoms with van der Waals surface area (Å²) in [6.07, 6.45) is 2.67. The smallest absolute Gasteiger partial charge is 0.191 e. The molecule has 0 aliphatic rings. The van der Waals surface area contributed by atoms with Gasteiger partial charge in [0.05, 0.1) is 0 Å². The van der Waals surface area contributed by atoms with E-state index in [1.807, 2.05) is 60.8 Å². The minimum absolute atomic E-state index is 0.683. The first kappa shape index (κ1) is 18.9. The van der Waals surface area contributed by atoms with Gasteiger partial charge in [-0.25, -0.2) is 0 Å². The fourth-order valence-corrected chi connectivity index (χ4v) is 2.97. The molecule has 138 valence electrons. The van der Waals surface area contributed by atoms with E-state index in [4.69, 9.17) is 11.6 Å². The van der Waals surface area contributed by atoms with Gasteiger partial charge >= 0.3 is 0 Å². The molecule has 1 aromatic heterocycles. The Labute approximate surface area is 165 Å². The van der Waals surface area contributed by atoms with Crippen LogP contribution in [0, 0.1) is 0 Å². The van der Waals surface area contributed by atoms with Crippen LogP contribution in [0.2, 0.25) is 5.02 Å². The van der Waals surface area contributed by atoms with Crippen LogP contribution in [-0.4, -0.2) is 24.5 Å². The molecule has 27 heavy (non-hydrogen) atoms. The maximum absolute atomic E-state index is 6.01. The van der Waals surface area contributed by atoms with E-state index >= 15 is 0 Å². The van der Waals surface area contributed by atoms with Crippen molar-refractivity contribution >= 4 is 17.6 Å². The standard InChI is InChI=1S/C22H23ClN4/c1-24-22(26-15-13-20-7-4-5-14-25-20)27-16-18-6-2-3-8-21(18)17-9-11-19(23)12-10-17/h2-12,14H,13,15-16H2,1H3,(H2,24,26,27). The first-order valence-corrected chi connectivity index (χ1v) is 9.32. The minimum atomic E-state index is 0.683. The van der Waals surface area contributed by atoms with Crippen molar-refractivity contribution in [3.8, 4) is 11.1 Å². The number of benzene rings is 2. The van der Waals surface area contributed by atoms with E-state index in [1.165, 1.54) is 11.1 Å². The Bertz CT molecular complexity index is 876. The lowest BCUT2D eigenvalue weighted by Gasteiger charge is -2.14. The summed E-state index contributed by atoms with van der Waals surface area (Å²) in [5.41, 5.74) is 4.60. The summed E-state index contributed by atoms with van der Waals surface area (Å²) in [5.74, 6) is 0.775. The molecule has 2 N–H and O–H groups in total. The third-order valence-corrected chi connectivity index (χ3v) is 4.49. The van der Waals surface area contributed by atoms with Gasteiger partial charge in [-0.3, -0.25) is 9.98 Å². The van der Waals surface area contributed by atoms with Crippen molar-refractivity contribution in [2.45, 2.75) is 13.0 Å². The average Bonchev–Trinajstić information content (AvgIpc) is 2.72. The van der Waals surface area contributed by atoms with Gasteiger partial charge < -0.3 is 10.6 Å². The lowest BCUT2D eigenvalue weighted by atomic mass is 10.00. The summed E-state index contributed by atoms with van der Waals surface area (Å²) in [7, 11) is 1.78. The molecule has 0 aliphatic heterocycles. The van der Waals surface area contributed by atoms with Crippen LogP contribution in [0.5, 0.6) is 0 Å². The number of halogens is 1. The van der Waals surface area contributed by atoms with Crippen molar-refractivity contribution in [2.75, 3.05) is 13.6 Å². The van der Waals surface area contributed by atoms with Gasteiger partial charge in [0.1, 0.15) is 0 Å². The van der Waals surface area contributed by atoms with Gasteiger partial charge in [-0.2, -0.15) is 0 Å². The fourth-order valence-electron chi connectivity index (χ4n) is 2.84. The minimum Gasteiger partial charge on any atom is -0.356 e. The van der Waals surface area contributed by atoms with Gasteiger partial charge in [0.15, 0.2) is 5.96 Å². The molecule has 0 amide bonds. The average molecular weight is 379 g/mol. The van der Waals surface area contributed by atoms with Crippen LogP contribution >= 0.6 is 11.6 Å². The third-order valence-electron chi connectivity index (χ3n) is 4.24. The van der Waals surface area contributed by atoms with Crippen molar-refractivity contribution in [1.82, 2.24) is 15.6 Å². The molecule has 0 bridgehead atoms. The van der Waals surface area contributed by atoms with E-state index < -0.39 is 0 Å². The highest BCUT2D eigenvalue weighted by Gasteiger charge is 2.06. The van der Waals surface area contributed by atoms with Crippen molar-refractivity contribution in [1.29, 1.82) is 0 Å². The quantitative estimate of drug-likeness (QED) is 0.496. The third kappa shape index (κ3) is 5.56. The van der Waals surface area contributed by atoms with Crippen molar-refractivity contribution in [3.63, 3.8) is 0 Å². The van der Waals surface area contributed by atoms with Crippen LogP contribution in [0.15, 0.2) is 77.9 Å². The Morgan fingerprint density at radius 1 is 0.963 bits per heavy atom. The van der Waals surface area contributed by atoms with Crippen LogP contribution in [-0.2, 0) is 13.0 Å². The predicted octanol–water partition coefficient (Wildman–Crippen LogP) is 4.31. The number of pyridine rings is 1. The second kappa shape index (κ2) is 9.74. The number of aromatic nitrogens is 1. The number of rotatable bonds is 6. The highest BCUT2D eigenvalue weighted by molar-refractivity contribution is 6.30. The Morgan fingerprint density at radius 2 is 1.74 bits per heavy atom. The molecule has 0 fully saturated rings. The summed E-state index contributed by atoms with van der Waals surface area (Å²) in [6.45, 7) is 1.46. The summed E-state index contributed by atoms with van der Waals surface area (Å²) < 4.78 is 0. The van der Waals surface area contributed by atoms with Crippen molar-refractivity contribution < 1.29 is 0 Å². The second-order valence-electron chi connectivity index (χ2n) is 6.09. The summed E-state index contributed by atoms with van der Waals surface area (Å²) in [5, 5.41) is 7.46. The predicted molar refractivity (Wildman–Crippen MR) is 113 cm³/mol. The van der Waals surface area contributed by atoms with Crippen LogP contribution in [0.4, 0.5) is 0 Å². The molecule has 1 heterocycles. The Hall–Kier alpha value is -2.85. The topological polar surface area (TPSA) is 49.3 Å². The van der Waals surface area contributed by atoms with Gasteiger partial charge in [0.25, 0.3) is 0 Å². The van der Waals surface area contributed by atoms with Crippen LogP contribution in [0.25, 0.3) is 11.1 Å². The van der Waals surface area contributed by atoms with Crippen molar-refractivity contribution in [2.24, 2.45) is 4.99 Å². The number of guanidine groups is 1. The lowest BCUT2D eigenvalue weighted by molar-refractivity contribution is 0.785. The molecule has 0 saturated heterocycles. The first-order valence-electron chi connectivity index (χ1n) is 8.94. The van der Waals surface area contributed by atoms with E-state index in [9.17, 15) is 0 Å². The van der Waals surface area contributed by atoms with Gasteiger partial charge in [-0.05, 0) is 41.0 Å². The monoisotopic (exact) mass is 378 g/mol. The molecule has 5 heteroatoms. The summed E-state index contributed by atoms with van der Waals surface area (Å²) >= 11 is 6.01. The molecule has 0 aliphatic carbocycles. The van der Waals surface area contributed by atoms with Crippen LogP contribution in [0.3, 0.4) is 0 Å². The van der Waals surface area contributed by atoms with E-state index in [0.29, 0.717) is 6.54 Å². The fraction of sp³-hybridized carbons (Fsp3) is 0.182. The zero-order valence-corrected chi connectivity index (χ0v) is 16.1. The molecular weight excluding hydrogens is 356 g/mol. The Kier molecular flexibility index (Phi) is 6.83. The highest BCUT2D eigenvalue weighted by Crippen LogP contribution is 2.25. The molecule has 3 rings (SSSR count). The van der Waals surface area contributed by atoms with Crippen LogP contribution < -0.4 is 10.6 Å². The zero-order chi connectivity index (χ0) is 18.9. The summed E-state index contributed by atoms with van der Waals surface area (Å²) in [6, 6.07) is 22.2. The number of nitrogens with one attached hydrogen (secondary N) is 2. The molecule has 0 unspecified atom stereocenters. The molecule has 0 spiro atoms. The van der Waals surface area contributed by atoms with E-state index in [1.54, 1.807) is 7.05 Å². The van der Waals surface area contributed by atoms with Gasteiger partial charge in [0.2, 0.25) is 0 Å². The van der Waals surface area contributed by atoms with Gasteiger partial charge in [0, 0.05) is 43.5 Å². The maximum atomic E-state index is 6.01. The molecule has 0 atom stereocenters. The van der Waals surface area contributed by atoms with Crippen molar-refractivity contribution in [3.05, 3.63) is 89.2 Å². The normalized spacial score (nSPS) is 11.3.